The Morgan fingerprint density at radius 2 is 2.29 bits per heavy atom. The third kappa shape index (κ3) is 3.14. The predicted molar refractivity (Wildman–Crippen MR) is 92.4 cm³/mol. The van der Waals surface area contributed by atoms with Crippen LogP contribution in [-0.4, -0.2) is 34.6 Å². The first-order valence-electron chi connectivity index (χ1n) is 7.90. The minimum Gasteiger partial charge on any atom is -0.346 e. The van der Waals surface area contributed by atoms with Gasteiger partial charge in [0.25, 0.3) is 5.91 Å². The van der Waals surface area contributed by atoms with E-state index in [1.807, 2.05) is 19.9 Å². The van der Waals surface area contributed by atoms with Crippen molar-refractivity contribution in [2.24, 2.45) is 0 Å². The number of nitrogens with zero attached hydrogens (tertiary/aromatic N) is 2. The number of amides is 2. The number of anilines is 1. The topological polar surface area (TPSA) is 78.1 Å². The van der Waals surface area contributed by atoms with Gasteiger partial charge in [-0.2, -0.15) is 5.10 Å². The maximum atomic E-state index is 12.4. The van der Waals surface area contributed by atoms with Crippen molar-refractivity contribution in [2.75, 3.05) is 11.4 Å². The fourth-order valence-electron chi connectivity index (χ4n) is 2.95. The quantitative estimate of drug-likeness (QED) is 0.892. The summed E-state index contributed by atoms with van der Waals surface area (Å²) in [5.74, 6) is -0.287. The van der Waals surface area contributed by atoms with Gasteiger partial charge in [-0.1, -0.05) is 24.6 Å². The fourth-order valence-corrected chi connectivity index (χ4v) is 3.14. The number of hydrogen-bond acceptors (Lipinski definition) is 3. The van der Waals surface area contributed by atoms with Crippen LogP contribution in [0, 0.1) is 6.92 Å². The summed E-state index contributed by atoms with van der Waals surface area (Å²) in [6.45, 7) is 4.30. The van der Waals surface area contributed by atoms with Gasteiger partial charge in [0.2, 0.25) is 5.91 Å². The van der Waals surface area contributed by atoms with Gasteiger partial charge >= 0.3 is 0 Å². The molecular formula is C17H19ClN4O2. The summed E-state index contributed by atoms with van der Waals surface area (Å²) in [6, 6.07) is 6.89. The average molecular weight is 347 g/mol. The summed E-state index contributed by atoms with van der Waals surface area (Å²) >= 11 is 5.99. The molecule has 1 atom stereocenters. The van der Waals surface area contributed by atoms with Crippen molar-refractivity contribution >= 4 is 29.1 Å². The molecule has 6 nitrogen and oxygen atoms in total. The van der Waals surface area contributed by atoms with E-state index in [0.29, 0.717) is 17.3 Å². The molecule has 3 rings (SSSR count). The van der Waals surface area contributed by atoms with E-state index < -0.39 is 0 Å². The molecule has 1 aromatic heterocycles. The Kier molecular flexibility index (Phi) is 4.57. The van der Waals surface area contributed by atoms with Gasteiger partial charge in [0.1, 0.15) is 0 Å². The Balaban J connectivity index is 1.70. The first kappa shape index (κ1) is 16.5. The number of halogens is 1. The summed E-state index contributed by atoms with van der Waals surface area (Å²) in [7, 11) is 0. The Morgan fingerprint density at radius 1 is 1.50 bits per heavy atom. The van der Waals surface area contributed by atoms with E-state index in [2.05, 4.69) is 15.5 Å². The molecule has 1 unspecified atom stereocenters. The van der Waals surface area contributed by atoms with Crippen LogP contribution in [0.2, 0.25) is 5.02 Å². The predicted octanol–water partition coefficient (Wildman–Crippen LogP) is 2.47. The third-order valence-corrected chi connectivity index (χ3v) is 4.49. The lowest BCUT2D eigenvalue weighted by Crippen LogP contribution is -2.37. The Labute approximate surface area is 145 Å². The molecule has 0 aliphatic carbocycles. The number of benzene rings is 1. The monoisotopic (exact) mass is 346 g/mol. The molecule has 2 heterocycles. The lowest BCUT2D eigenvalue weighted by Gasteiger charge is -2.17. The van der Waals surface area contributed by atoms with E-state index >= 15 is 0 Å². The maximum absolute atomic E-state index is 12.4. The smallest absolute Gasteiger partial charge is 0.272 e. The second-order valence-corrected chi connectivity index (χ2v) is 6.32. The van der Waals surface area contributed by atoms with Crippen LogP contribution in [0.5, 0.6) is 0 Å². The highest BCUT2D eigenvalue weighted by atomic mass is 35.5. The number of H-pyrrole nitrogens is 1. The summed E-state index contributed by atoms with van der Waals surface area (Å²) in [5.41, 5.74) is 2.93. The maximum Gasteiger partial charge on any atom is 0.272 e. The second kappa shape index (κ2) is 6.65. The molecule has 0 spiro atoms. The highest BCUT2D eigenvalue weighted by Gasteiger charge is 2.32. The number of carbonyl (C=O) groups is 2. The van der Waals surface area contributed by atoms with Crippen LogP contribution < -0.4 is 10.2 Å². The van der Waals surface area contributed by atoms with E-state index in [-0.39, 0.29) is 24.3 Å². The van der Waals surface area contributed by atoms with Crippen molar-refractivity contribution in [1.29, 1.82) is 0 Å². The third-order valence-electron chi connectivity index (χ3n) is 4.26. The van der Waals surface area contributed by atoms with Gasteiger partial charge in [0.15, 0.2) is 5.69 Å². The van der Waals surface area contributed by atoms with Gasteiger partial charge < -0.3 is 10.2 Å². The zero-order valence-corrected chi connectivity index (χ0v) is 14.4. The molecule has 2 amide bonds. The first-order valence-corrected chi connectivity index (χ1v) is 8.28. The van der Waals surface area contributed by atoms with Crippen molar-refractivity contribution in [3.63, 3.8) is 0 Å². The highest BCUT2D eigenvalue weighted by molar-refractivity contribution is 6.30. The van der Waals surface area contributed by atoms with Gasteiger partial charge in [0.05, 0.1) is 6.04 Å². The van der Waals surface area contributed by atoms with Crippen molar-refractivity contribution in [3.05, 3.63) is 46.2 Å². The number of nitrogens with one attached hydrogen (secondary N) is 2. The van der Waals surface area contributed by atoms with Crippen LogP contribution in [0.1, 0.15) is 35.1 Å². The minimum atomic E-state index is -0.255. The van der Waals surface area contributed by atoms with E-state index in [4.69, 9.17) is 11.6 Å². The van der Waals surface area contributed by atoms with Crippen LogP contribution in [0.3, 0.4) is 0 Å². The van der Waals surface area contributed by atoms with Crippen LogP contribution in [0.25, 0.3) is 0 Å². The molecule has 0 radical (unpaired) electrons. The van der Waals surface area contributed by atoms with Crippen molar-refractivity contribution in [3.8, 4) is 0 Å². The molecule has 1 saturated heterocycles. The highest BCUT2D eigenvalue weighted by Crippen LogP contribution is 2.24. The van der Waals surface area contributed by atoms with Crippen LogP contribution >= 0.6 is 11.6 Å². The Hall–Kier alpha value is -2.34. The van der Waals surface area contributed by atoms with Gasteiger partial charge in [-0.3, -0.25) is 14.7 Å². The lowest BCUT2D eigenvalue weighted by molar-refractivity contribution is -0.117. The number of carbonyl (C=O) groups excluding carboxylic acids is 2. The standard InChI is InChI=1S/C17H19ClN4O2/c1-3-14-10(2)16(21-20-14)17(24)19-12-8-15(23)22(9-12)13-6-4-5-11(18)7-13/h4-7,12H,3,8-9H2,1-2H3,(H,19,24)(H,20,21). The van der Waals surface area contributed by atoms with E-state index in [9.17, 15) is 9.59 Å². The number of aryl methyl sites for hydroxylation is 1. The summed E-state index contributed by atoms with van der Waals surface area (Å²) in [4.78, 5) is 26.3. The van der Waals surface area contributed by atoms with E-state index in [0.717, 1.165) is 23.4 Å². The Morgan fingerprint density at radius 3 is 2.96 bits per heavy atom. The molecule has 1 fully saturated rings. The van der Waals surface area contributed by atoms with E-state index in [1.54, 1.807) is 23.1 Å². The van der Waals surface area contributed by atoms with Gasteiger partial charge in [0, 0.05) is 34.9 Å². The van der Waals surface area contributed by atoms with Crippen LogP contribution in [0.15, 0.2) is 24.3 Å². The van der Waals surface area contributed by atoms with Crippen LogP contribution in [-0.2, 0) is 11.2 Å². The van der Waals surface area contributed by atoms with Gasteiger partial charge in [-0.15, -0.1) is 0 Å². The SMILES string of the molecule is CCc1[nH]nc(C(=O)NC2CC(=O)N(c3cccc(Cl)c3)C2)c1C. The molecule has 1 aliphatic rings. The largest absolute Gasteiger partial charge is 0.346 e. The molecule has 1 aliphatic heterocycles. The number of aromatic amines is 1. The van der Waals surface area contributed by atoms with Crippen molar-refractivity contribution < 1.29 is 9.59 Å². The summed E-state index contributed by atoms with van der Waals surface area (Å²) in [6.07, 6.45) is 1.05. The van der Waals surface area contributed by atoms with Gasteiger partial charge in [-0.25, -0.2) is 0 Å². The normalized spacial score (nSPS) is 17.4. The Bertz CT molecular complexity index is 787. The minimum absolute atomic E-state index is 0.0319. The summed E-state index contributed by atoms with van der Waals surface area (Å²) < 4.78 is 0. The molecule has 0 saturated carbocycles. The summed E-state index contributed by atoms with van der Waals surface area (Å²) in [5, 5.41) is 10.4. The van der Waals surface area contributed by atoms with E-state index in [1.165, 1.54) is 0 Å². The zero-order chi connectivity index (χ0) is 17.3. The van der Waals surface area contributed by atoms with Gasteiger partial charge in [-0.05, 0) is 31.5 Å². The molecule has 0 bridgehead atoms. The van der Waals surface area contributed by atoms with Crippen molar-refractivity contribution in [2.45, 2.75) is 32.7 Å². The number of hydrogen-bond donors (Lipinski definition) is 2. The number of aromatic nitrogens is 2. The molecule has 24 heavy (non-hydrogen) atoms. The number of rotatable bonds is 4. The lowest BCUT2D eigenvalue weighted by atomic mass is 10.1. The molecule has 2 aromatic rings. The second-order valence-electron chi connectivity index (χ2n) is 5.89. The molecule has 2 N–H and O–H groups in total. The molecular weight excluding hydrogens is 328 g/mol. The fraction of sp³-hybridized carbons (Fsp3) is 0.353. The molecule has 7 heteroatoms. The molecule has 1 aromatic carbocycles. The average Bonchev–Trinajstić information content (AvgIpc) is 3.09. The first-order chi connectivity index (χ1) is 11.5. The van der Waals surface area contributed by atoms with Crippen molar-refractivity contribution in [1.82, 2.24) is 15.5 Å². The van der Waals surface area contributed by atoms with Crippen LogP contribution in [0.4, 0.5) is 5.69 Å². The zero-order valence-electron chi connectivity index (χ0n) is 13.6. The molecule has 126 valence electrons.